The molecule has 1 aromatic rings. The quantitative estimate of drug-likeness (QED) is 0.573. The number of rotatable bonds is 2. The number of carbonyl (C=O) groups is 1. The van der Waals surface area contributed by atoms with Crippen LogP contribution in [-0.2, 0) is 0 Å². The maximum Gasteiger partial charge on any atom is 0.183 e. The number of alkyl halides is 1. The van der Waals surface area contributed by atoms with Crippen LogP contribution in [0.15, 0.2) is 12.1 Å². The Balaban J connectivity index is 3.28. The van der Waals surface area contributed by atoms with Crippen molar-refractivity contribution in [2.45, 2.75) is 12.3 Å². The van der Waals surface area contributed by atoms with E-state index in [0.717, 1.165) is 0 Å². The van der Waals surface area contributed by atoms with Gasteiger partial charge in [-0.05, 0) is 19.1 Å². The Morgan fingerprint density at radius 3 is 2.00 bits per heavy atom. The molecule has 0 heterocycles. The molecule has 0 aliphatic heterocycles. The molecule has 0 amide bonds. The number of halogens is 4. The van der Waals surface area contributed by atoms with Gasteiger partial charge in [0.05, 0.1) is 21.0 Å². The lowest BCUT2D eigenvalue weighted by atomic mass is 10.1. The smallest absolute Gasteiger partial charge is 0.183 e. The zero-order valence-electron chi connectivity index (χ0n) is 7.15. The van der Waals surface area contributed by atoms with Crippen LogP contribution in [0.1, 0.15) is 17.3 Å². The normalized spacial score (nSPS) is 12.6. The number of benzene rings is 1. The van der Waals surface area contributed by atoms with E-state index in [1.165, 1.54) is 12.1 Å². The molecule has 1 nitrogen and oxygen atoms in total. The lowest BCUT2D eigenvalue weighted by molar-refractivity contribution is 0.0992. The van der Waals surface area contributed by atoms with Crippen molar-refractivity contribution < 1.29 is 4.79 Å². The van der Waals surface area contributed by atoms with E-state index >= 15 is 0 Å². The van der Waals surface area contributed by atoms with Crippen molar-refractivity contribution in [1.29, 1.82) is 0 Å². The summed E-state index contributed by atoms with van der Waals surface area (Å²) in [5, 5.41) is 0.171. The molecule has 14 heavy (non-hydrogen) atoms. The predicted octanol–water partition coefficient (Wildman–Crippen LogP) is 4.46. The summed E-state index contributed by atoms with van der Waals surface area (Å²) in [6.07, 6.45) is 0. The fourth-order valence-electron chi connectivity index (χ4n) is 0.976. The van der Waals surface area contributed by atoms with Crippen LogP contribution in [0.3, 0.4) is 0 Å². The van der Waals surface area contributed by atoms with E-state index in [1.807, 2.05) is 0 Å². The van der Waals surface area contributed by atoms with E-state index in [9.17, 15) is 4.79 Å². The van der Waals surface area contributed by atoms with E-state index < -0.39 is 5.38 Å². The molecular weight excluding hydrogens is 266 g/mol. The Labute approximate surface area is 102 Å². The van der Waals surface area contributed by atoms with Crippen LogP contribution in [-0.4, -0.2) is 11.2 Å². The van der Waals surface area contributed by atoms with Crippen molar-refractivity contribution >= 4 is 52.2 Å². The lowest BCUT2D eigenvalue weighted by Gasteiger charge is -2.07. The lowest BCUT2D eigenvalue weighted by Crippen LogP contribution is -2.11. The van der Waals surface area contributed by atoms with Crippen molar-refractivity contribution in [3.63, 3.8) is 0 Å². The zero-order valence-corrected chi connectivity index (χ0v) is 10.2. The minimum absolute atomic E-state index is 0.222. The fraction of sp³-hybridized carbons (Fsp3) is 0.222. The summed E-state index contributed by atoms with van der Waals surface area (Å²) in [4.78, 5) is 11.6. The molecule has 0 spiro atoms. The Kier molecular flexibility index (Phi) is 4.08. The molecule has 5 heteroatoms. The Morgan fingerprint density at radius 1 is 1.21 bits per heavy atom. The van der Waals surface area contributed by atoms with E-state index in [-0.39, 0.29) is 21.4 Å². The van der Waals surface area contributed by atoms with Crippen LogP contribution in [0.25, 0.3) is 0 Å². The number of hydrogen-bond acceptors (Lipinski definition) is 1. The monoisotopic (exact) mass is 270 g/mol. The van der Waals surface area contributed by atoms with E-state index in [4.69, 9.17) is 46.4 Å². The van der Waals surface area contributed by atoms with Crippen molar-refractivity contribution in [2.24, 2.45) is 0 Å². The van der Waals surface area contributed by atoms with Gasteiger partial charge in [-0.2, -0.15) is 0 Å². The van der Waals surface area contributed by atoms with Crippen LogP contribution in [0.4, 0.5) is 0 Å². The Bertz CT molecular complexity index is 350. The number of ketones is 1. The molecule has 0 radical (unpaired) electrons. The predicted molar refractivity (Wildman–Crippen MR) is 61.1 cm³/mol. The van der Waals surface area contributed by atoms with Crippen LogP contribution >= 0.6 is 46.4 Å². The molecule has 0 aliphatic rings. The molecule has 1 atom stereocenters. The topological polar surface area (TPSA) is 17.1 Å². The third-order valence-electron chi connectivity index (χ3n) is 1.61. The summed E-state index contributed by atoms with van der Waals surface area (Å²) >= 11 is 23.0. The molecule has 1 aromatic carbocycles. The standard InChI is InChI=1S/C9H6Cl4O/c1-4(10)9(14)8-6(12)2-5(11)3-7(8)13/h2-4H,1H3. The first-order chi connectivity index (χ1) is 6.43. The van der Waals surface area contributed by atoms with Gasteiger partial charge in [-0.3, -0.25) is 4.79 Å². The van der Waals surface area contributed by atoms with E-state index in [1.54, 1.807) is 6.92 Å². The van der Waals surface area contributed by atoms with Gasteiger partial charge in [0.15, 0.2) is 5.78 Å². The second kappa shape index (κ2) is 4.71. The molecule has 1 unspecified atom stereocenters. The maximum absolute atomic E-state index is 11.6. The molecule has 0 fully saturated rings. The van der Waals surface area contributed by atoms with Crippen LogP contribution in [0.2, 0.25) is 15.1 Å². The Hall–Kier alpha value is 0.0500. The van der Waals surface area contributed by atoms with Crippen LogP contribution in [0, 0.1) is 0 Å². The molecule has 0 aliphatic carbocycles. The highest BCUT2D eigenvalue weighted by molar-refractivity contribution is 6.45. The van der Waals surface area contributed by atoms with Gasteiger partial charge >= 0.3 is 0 Å². The summed E-state index contributed by atoms with van der Waals surface area (Å²) in [5.74, 6) is -0.307. The second-order valence-electron chi connectivity index (χ2n) is 2.72. The second-order valence-corrected chi connectivity index (χ2v) is 4.63. The molecular formula is C9H6Cl4O. The third kappa shape index (κ3) is 2.54. The van der Waals surface area contributed by atoms with Gasteiger partial charge in [-0.15, -0.1) is 11.6 Å². The molecule has 1 rings (SSSR count). The van der Waals surface area contributed by atoms with Crippen LogP contribution < -0.4 is 0 Å². The minimum atomic E-state index is -0.661. The van der Waals surface area contributed by atoms with Crippen LogP contribution in [0.5, 0.6) is 0 Å². The summed E-state index contributed by atoms with van der Waals surface area (Å²) in [6, 6.07) is 2.92. The highest BCUT2D eigenvalue weighted by atomic mass is 35.5. The van der Waals surface area contributed by atoms with E-state index in [0.29, 0.717) is 5.02 Å². The van der Waals surface area contributed by atoms with Gasteiger partial charge in [0.2, 0.25) is 0 Å². The van der Waals surface area contributed by atoms with Gasteiger partial charge in [0.25, 0.3) is 0 Å². The number of Topliss-reactive ketones (excluding diaryl/α,β-unsaturated/α-hetero) is 1. The van der Waals surface area contributed by atoms with Gasteiger partial charge in [0.1, 0.15) is 0 Å². The van der Waals surface area contributed by atoms with Gasteiger partial charge < -0.3 is 0 Å². The average Bonchev–Trinajstić information content (AvgIpc) is 2.01. The fourth-order valence-corrected chi connectivity index (χ4v) is 2.09. The Morgan fingerprint density at radius 2 is 1.64 bits per heavy atom. The van der Waals surface area contributed by atoms with Crippen molar-refractivity contribution in [2.75, 3.05) is 0 Å². The van der Waals surface area contributed by atoms with Crippen molar-refractivity contribution in [3.8, 4) is 0 Å². The zero-order chi connectivity index (χ0) is 10.9. The molecule has 76 valence electrons. The summed E-state index contributed by atoms with van der Waals surface area (Å²) in [7, 11) is 0. The first-order valence-corrected chi connectivity index (χ1v) is 5.33. The minimum Gasteiger partial charge on any atom is -0.292 e. The maximum atomic E-state index is 11.6. The highest BCUT2D eigenvalue weighted by Gasteiger charge is 2.19. The largest absolute Gasteiger partial charge is 0.292 e. The average molecular weight is 272 g/mol. The summed E-state index contributed by atoms with van der Waals surface area (Å²) in [5.41, 5.74) is 0.222. The number of hydrogen-bond donors (Lipinski definition) is 0. The molecule has 0 bridgehead atoms. The van der Waals surface area contributed by atoms with Gasteiger partial charge in [-0.1, -0.05) is 34.8 Å². The molecule has 0 aromatic heterocycles. The molecule has 0 saturated carbocycles. The third-order valence-corrected chi connectivity index (χ3v) is 2.63. The summed E-state index contributed by atoms with van der Waals surface area (Å²) in [6.45, 7) is 1.56. The van der Waals surface area contributed by atoms with Crippen molar-refractivity contribution in [1.82, 2.24) is 0 Å². The first-order valence-electron chi connectivity index (χ1n) is 3.76. The SMILES string of the molecule is CC(Cl)C(=O)c1c(Cl)cc(Cl)cc1Cl. The molecule has 0 N–H and O–H groups in total. The van der Waals surface area contributed by atoms with E-state index in [2.05, 4.69) is 0 Å². The number of carbonyl (C=O) groups excluding carboxylic acids is 1. The van der Waals surface area contributed by atoms with Gasteiger partial charge in [0, 0.05) is 5.02 Å². The van der Waals surface area contributed by atoms with Crippen molar-refractivity contribution in [3.05, 3.63) is 32.8 Å². The van der Waals surface area contributed by atoms with Gasteiger partial charge in [-0.25, -0.2) is 0 Å². The molecule has 0 saturated heterocycles. The highest BCUT2D eigenvalue weighted by Crippen LogP contribution is 2.30. The summed E-state index contributed by atoms with van der Waals surface area (Å²) < 4.78 is 0. The first kappa shape index (κ1) is 12.1.